The minimum absolute atomic E-state index is 0.00578. The van der Waals surface area contributed by atoms with E-state index in [1.807, 2.05) is 12.1 Å². The van der Waals surface area contributed by atoms with Crippen molar-refractivity contribution in [1.29, 1.82) is 0 Å². The molecule has 0 aliphatic carbocycles. The minimum Gasteiger partial charge on any atom is -0.478 e. The highest BCUT2D eigenvalue weighted by atomic mass is 127. The lowest BCUT2D eigenvalue weighted by Crippen LogP contribution is -2.47. The Kier molecular flexibility index (Phi) is 9.73. The van der Waals surface area contributed by atoms with Gasteiger partial charge < -0.3 is 14.8 Å². The Balaban J connectivity index is 2.16. The first-order valence-corrected chi connectivity index (χ1v) is 15.3. The summed E-state index contributed by atoms with van der Waals surface area (Å²) < 4.78 is 8.00. The highest BCUT2D eigenvalue weighted by Gasteiger charge is 2.41. The molecule has 0 aliphatic heterocycles. The molecular weight excluding hydrogens is 517 g/mol. The van der Waals surface area contributed by atoms with Crippen LogP contribution in [0.4, 0.5) is 0 Å². The van der Waals surface area contributed by atoms with E-state index in [9.17, 15) is 4.79 Å². The van der Waals surface area contributed by atoms with E-state index < -0.39 is 14.3 Å². The van der Waals surface area contributed by atoms with Crippen LogP contribution in [0.15, 0.2) is 54.6 Å². The van der Waals surface area contributed by atoms with E-state index in [1.54, 1.807) is 12.1 Å². The van der Waals surface area contributed by atoms with Gasteiger partial charge in [-0.15, -0.1) is 0 Å². The molecule has 0 saturated heterocycles. The van der Waals surface area contributed by atoms with Gasteiger partial charge in [-0.3, -0.25) is 0 Å². The van der Waals surface area contributed by atoms with Crippen LogP contribution in [0.2, 0.25) is 18.1 Å². The first kappa shape index (κ1) is 26.0. The first-order chi connectivity index (χ1) is 14.5. The van der Waals surface area contributed by atoms with Crippen molar-refractivity contribution < 1.29 is 14.3 Å². The van der Waals surface area contributed by atoms with Gasteiger partial charge in [0.2, 0.25) is 0 Å². The van der Waals surface area contributed by atoms with Gasteiger partial charge in [0, 0.05) is 10.5 Å². The monoisotopic (exact) mass is 553 g/mol. The van der Waals surface area contributed by atoms with Gasteiger partial charge >= 0.3 is 5.97 Å². The normalized spacial score (nSPS) is 14.3. The van der Waals surface area contributed by atoms with Crippen molar-refractivity contribution in [3.8, 4) is 0 Å². The van der Waals surface area contributed by atoms with E-state index in [-0.39, 0.29) is 17.2 Å². The number of hydrogen-bond acceptors (Lipinski definition) is 3. The predicted octanol–water partition coefficient (Wildman–Crippen LogP) is 6.47. The molecule has 0 spiro atoms. The molecule has 0 unspecified atom stereocenters. The van der Waals surface area contributed by atoms with Crippen LogP contribution in [-0.2, 0) is 10.8 Å². The first-order valence-electron chi connectivity index (χ1n) is 10.9. The predicted molar refractivity (Wildman–Crippen MR) is 140 cm³/mol. The molecule has 2 N–H and O–H groups in total. The Bertz CT molecular complexity index is 819. The molecule has 2 aromatic carbocycles. The van der Waals surface area contributed by atoms with E-state index in [1.165, 1.54) is 5.56 Å². The molecule has 0 fully saturated rings. The summed E-state index contributed by atoms with van der Waals surface area (Å²) in [5.74, 6) is -0.889. The summed E-state index contributed by atoms with van der Waals surface area (Å²) in [5.41, 5.74) is 2.68. The maximum Gasteiger partial charge on any atom is 0.335 e. The Morgan fingerprint density at radius 3 is 2.23 bits per heavy atom. The molecule has 31 heavy (non-hydrogen) atoms. The maximum absolute atomic E-state index is 11.1. The van der Waals surface area contributed by atoms with Crippen molar-refractivity contribution in [2.75, 3.05) is 11.0 Å². The number of hydrogen-bond donors (Lipinski definition) is 2. The van der Waals surface area contributed by atoms with Crippen molar-refractivity contribution in [3.63, 3.8) is 0 Å². The zero-order valence-electron chi connectivity index (χ0n) is 19.3. The van der Waals surface area contributed by atoms with Crippen molar-refractivity contribution in [2.45, 2.75) is 63.9 Å². The van der Waals surface area contributed by atoms with Gasteiger partial charge in [-0.2, -0.15) is 0 Å². The zero-order valence-corrected chi connectivity index (χ0v) is 22.5. The van der Waals surface area contributed by atoms with Crippen LogP contribution < -0.4 is 5.32 Å². The summed E-state index contributed by atoms with van der Waals surface area (Å²) in [5, 5.41) is 13.0. The van der Waals surface area contributed by atoms with E-state index in [4.69, 9.17) is 9.53 Å². The van der Waals surface area contributed by atoms with Gasteiger partial charge in [-0.1, -0.05) is 85.8 Å². The fourth-order valence-electron chi connectivity index (χ4n) is 3.21. The smallest absolute Gasteiger partial charge is 0.335 e. The molecule has 6 heteroatoms. The molecule has 170 valence electrons. The number of halogens is 1. The van der Waals surface area contributed by atoms with Crippen molar-refractivity contribution >= 4 is 36.9 Å². The van der Waals surface area contributed by atoms with Crippen LogP contribution in [0.25, 0.3) is 0 Å². The van der Waals surface area contributed by atoms with Crippen LogP contribution in [0, 0.1) is 0 Å². The standard InChI is InChI=1S/C25H36INO3Si/c1-25(2,3)31(4,5)30-23(20-9-7-6-8-10-20)22(15-17-26)27-18-16-19-11-13-21(14-12-19)24(28)29/h6-14,22-23,27H,15-18H2,1-5H3,(H,28,29)/t22-,23-/m1/s1. The van der Waals surface area contributed by atoms with Gasteiger partial charge in [0.1, 0.15) is 0 Å². The lowest BCUT2D eigenvalue weighted by Gasteiger charge is -2.42. The summed E-state index contributed by atoms with van der Waals surface area (Å²) in [6.45, 7) is 12.3. The zero-order chi connectivity index (χ0) is 23.1. The quantitative estimate of drug-likeness (QED) is 0.190. The topological polar surface area (TPSA) is 58.6 Å². The molecule has 2 rings (SSSR count). The van der Waals surface area contributed by atoms with E-state index in [2.05, 4.69) is 92.1 Å². The molecule has 0 aromatic heterocycles. The fraction of sp³-hybridized carbons (Fsp3) is 0.480. The van der Waals surface area contributed by atoms with Crippen LogP contribution in [0.5, 0.6) is 0 Å². The largest absolute Gasteiger partial charge is 0.478 e. The third-order valence-electron chi connectivity index (χ3n) is 6.16. The van der Waals surface area contributed by atoms with Crippen LogP contribution in [-0.4, -0.2) is 36.4 Å². The average Bonchev–Trinajstić information content (AvgIpc) is 2.71. The molecule has 2 aromatic rings. The van der Waals surface area contributed by atoms with Crippen LogP contribution in [0.1, 0.15) is 54.8 Å². The maximum atomic E-state index is 11.1. The average molecular weight is 554 g/mol. The van der Waals surface area contributed by atoms with Crippen molar-refractivity contribution in [2.24, 2.45) is 0 Å². The van der Waals surface area contributed by atoms with Crippen LogP contribution in [0.3, 0.4) is 0 Å². The van der Waals surface area contributed by atoms with E-state index in [0.717, 1.165) is 29.4 Å². The molecule has 0 saturated carbocycles. The Hall–Kier alpha value is -1.22. The van der Waals surface area contributed by atoms with Crippen molar-refractivity contribution in [3.05, 3.63) is 71.3 Å². The Morgan fingerprint density at radius 2 is 1.71 bits per heavy atom. The molecule has 4 nitrogen and oxygen atoms in total. The summed E-state index contributed by atoms with van der Waals surface area (Å²) in [6.07, 6.45) is 1.87. The van der Waals surface area contributed by atoms with Crippen LogP contribution >= 0.6 is 22.6 Å². The number of carboxylic acid groups (broad SMARTS) is 1. The number of carbonyl (C=O) groups is 1. The van der Waals surface area contributed by atoms with Gasteiger partial charge in [-0.05, 0) is 60.8 Å². The molecular formula is C25H36INO3Si. The second kappa shape index (κ2) is 11.6. The van der Waals surface area contributed by atoms with Gasteiger partial charge in [0.25, 0.3) is 0 Å². The Labute approximate surface area is 202 Å². The second-order valence-corrected chi connectivity index (χ2v) is 15.3. The third kappa shape index (κ3) is 7.70. The van der Waals surface area contributed by atoms with Gasteiger partial charge in [-0.25, -0.2) is 4.79 Å². The summed E-state index contributed by atoms with van der Waals surface area (Å²) in [7, 11) is -1.96. The Morgan fingerprint density at radius 1 is 1.10 bits per heavy atom. The fourth-order valence-corrected chi connectivity index (χ4v) is 5.17. The summed E-state index contributed by atoms with van der Waals surface area (Å²) in [6, 6.07) is 17.9. The number of rotatable bonds is 11. The highest BCUT2D eigenvalue weighted by molar-refractivity contribution is 14.1. The van der Waals surface area contributed by atoms with Gasteiger partial charge in [0.15, 0.2) is 8.32 Å². The second-order valence-electron chi connectivity index (χ2n) is 9.50. The summed E-state index contributed by atoms with van der Waals surface area (Å²) >= 11 is 2.44. The molecule has 0 aliphatic rings. The number of alkyl halides is 1. The molecule has 0 radical (unpaired) electrons. The number of aromatic carboxylic acids is 1. The molecule has 0 amide bonds. The van der Waals surface area contributed by atoms with Crippen molar-refractivity contribution in [1.82, 2.24) is 5.32 Å². The lowest BCUT2D eigenvalue weighted by atomic mass is 10.00. The number of carboxylic acids is 1. The SMILES string of the molecule is CC(C)(C)[Si](C)(C)O[C@H](c1ccccc1)[C@@H](CCI)NCCc1ccc(C(=O)O)cc1. The molecule has 0 bridgehead atoms. The number of nitrogens with one attached hydrogen (secondary N) is 1. The number of benzene rings is 2. The van der Waals surface area contributed by atoms with Gasteiger partial charge in [0.05, 0.1) is 11.7 Å². The lowest BCUT2D eigenvalue weighted by molar-refractivity contribution is 0.0697. The molecule has 2 atom stereocenters. The summed E-state index contributed by atoms with van der Waals surface area (Å²) in [4.78, 5) is 11.1. The molecule has 0 heterocycles. The van der Waals surface area contributed by atoms with E-state index >= 15 is 0 Å². The third-order valence-corrected chi connectivity index (χ3v) is 11.2. The minimum atomic E-state index is -1.96. The highest BCUT2D eigenvalue weighted by Crippen LogP contribution is 2.41. The van der Waals surface area contributed by atoms with E-state index in [0.29, 0.717) is 5.56 Å².